The predicted molar refractivity (Wildman–Crippen MR) is 66.1 cm³/mol. The Labute approximate surface area is 100 Å². The summed E-state index contributed by atoms with van der Waals surface area (Å²) >= 11 is 0. The molecule has 2 N–H and O–H groups in total. The van der Waals surface area contributed by atoms with Crippen LogP contribution in [0.2, 0.25) is 0 Å². The third-order valence-electron chi connectivity index (χ3n) is 2.90. The maximum Gasteiger partial charge on any atom is 0.123 e. The number of nitrogens with zero attached hydrogens (tertiary/aromatic N) is 2. The summed E-state index contributed by atoms with van der Waals surface area (Å²) in [7, 11) is 1.89. The summed E-state index contributed by atoms with van der Waals surface area (Å²) in [5, 5.41) is 4.42. The molecule has 2 rings (SSSR count). The highest BCUT2D eigenvalue weighted by molar-refractivity contribution is 5.68. The van der Waals surface area contributed by atoms with Gasteiger partial charge < -0.3 is 5.73 Å². The van der Waals surface area contributed by atoms with Crippen LogP contribution in [0.15, 0.2) is 24.3 Å². The number of hydrogen-bond acceptors (Lipinski definition) is 2. The number of aryl methyl sites for hydroxylation is 1. The monoisotopic (exact) mass is 233 g/mol. The van der Waals surface area contributed by atoms with Crippen LogP contribution in [0.1, 0.15) is 11.4 Å². The average Bonchev–Trinajstić information content (AvgIpc) is 2.55. The van der Waals surface area contributed by atoms with E-state index in [-0.39, 0.29) is 5.82 Å². The van der Waals surface area contributed by atoms with Crippen molar-refractivity contribution in [2.45, 2.75) is 13.3 Å². The van der Waals surface area contributed by atoms with E-state index in [9.17, 15) is 4.39 Å². The van der Waals surface area contributed by atoms with Gasteiger partial charge in [0, 0.05) is 24.7 Å². The normalized spacial score (nSPS) is 10.8. The summed E-state index contributed by atoms with van der Waals surface area (Å²) in [6.45, 7) is 2.52. The summed E-state index contributed by atoms with van der Waals surface area (Å²) < 4.78 is 15.1. The largest absolute Gasteiger partial charge is 0.330 e. The summed E-state index contributed by atoms with van der Waals surface area (Å²) in [5.41, 5.74) is 9.39. The van der Waals surface area contributed by atoms with Crippen molar-refractivity contribution in [1.82, 2.24) is 9.78 Å². The number of aromatic nitrogens is 2. The molecule has 0 aliphatic carbocycles. The zero-order valence-electron chi connectivity index (χ0n) is 10.1. The molecule has 90 valence electrons. The van der Waals surface area contributed by atoms with Gasteiger partial charge in [0.05, 0.1) is 5.69 Å². The van der Waals surface area contributed by atoms with Crippen LogP contribution in [0, 0.1) is 12.7 Å². The van der Waals surface area contributed by atoms with Crippen LogP contribution in [-0.2, 0) is 13.5 Å². The molecule has 0 radical (unpaired) electrons. The first-order chi connectivity index (χ1) is 8.13. The van der Waals surface area contributed by atoms with Crippen molar-refractivity contribution in [2.75, 3.05) is 6.54 Å². The van der Waals surface area contributed by atoms with Crippen molar-refractivity contribution in [3.8, 4) is 11.1 Å². The average molecular weight is 233 g/mol. The summed E-state index contributed by atoms with van der Waals surface area (Å²) in [4.78, 5) is 0. The Morgan fingerprint density at radius 3 is 2.82 bits per heavy atom. The standard InChI is InChI=1S/C13H16FN3/c1-9-13(10-4-3-5-11(14)8-10)12(6-7-15)16-17(9)2/h3-5,8H,6-7,15H2,1-2H3. The van der Waals surface area contributed by atoms with E-state index in [1.807, 2.05) is 24.7 Å². The van der Waals surface area contributed by atoms with E-state index in [1.165, 1.54) is 12.1 Å². The molecular weight excluding hydrogens is 217 g/mol. The van der Waals surface area contributed by atoms with Crippen molar-refractivity contribution in [2.24, 2.45) is 12.8 Å². The van der Waals surface area contributed by atoms with E-state index in [0.717, 1.165) is 22.5 Å². The third-order valence-corrected chi connectivity index (χ3v) is 2.90. The zero-order valence-corrected chi connectivity index (χ0v) is 10.1. The smallest absolute Gasteiger partial charge is 0.123 e. The van der Waals surface area contributed by atoms with Gasteiger partial charge in [-0.3, -0.25) is 4.68 Å². The van der Waals surface area contributed by atoms with Gasteiger partial charge >= 0.3 is 0 Å². The number of rotatable bonds is 3. The molecule has 0 aliphatic rings. The van der Waals surface area contributed by atoms with E-state index in [0.29, 0.717) is 13.0 Å². The molecule has 1 aromatic carbocycles. The van der Waals surface area contributed by atoms with Gasteiger partial charge in [-0.15, -0.1) is 0 Å². The number of hydrogen-bond donors (Lipinski definition) is 1. The molecule has 0 atom stereocenters. The van der Waals surface area contributed by atoms with Crippen molar-refractivity contribution in [3.63, 3.8) is 0 Å². The third kappa shape index (κ3) is 2.22. The fourth-order valence-electron chi connectivity index (χ4n) is 2.01. The molecule has 0 amide bonds. The lowest BCUT2D eigenvalue weighted by Crippen LogP contribution is -2.04. The molecule has 0 fully saturated rings. The Hall–Kier alpha value is -1.68. The van der Waals surface area contributed by atoms with Gasteiger partial charge in [-0.05, 0) is 31.2 Å². The van der Waals surface area contributed by atoms with Gasteiger partial charge in [0.25, 0.3) is 0 Å². The molecule has 0 aliphatic heterocycles. The second-order valence-corrected chi connectivity index (χ2v) is 4.08. The molecule has 0 spiro atoms. The van der Waals surface area contributed by atoms with Crippen LogP contribution >= 0.6 is 0 Å². The molecular formula is C13H16FN3. The quantitative estimate of drug-likeness (QED) is 0.881. The highest BCUT2D eigenvalue weighted by Gasteiger charge is 2.14. The molecule has 0 saturated heterocycles. The Kier molecular flexibility index (Phi) is 3.24. The van der Waals surface area contributed by atoms with Crippen molar-refractivity contribution in [1.29, 1.82) is 0 Å². The predicted octanol–water partition coefficient (Wildman–Crippen LogP) is 2.04. The second-order valence-electron chi connectivity index (χ2n) is 4.08. The highest BCUT2D eigenvalue weighted by atomic mass is 19.1. The first kappa shape index (κ1) is 11.8. The number of halogens is 1. The van der Waals surface area contributed by atoms with Gasteiger partial charge in [-0.2, -0.15) is 5.10 Å². The topological polar surface area (TPSA) is 43.8 Å². The number of nitrogens with two attached hydrogens (primary N) is 1. The van der Waals surface area contributed by atoms with Crippen molar-refractivity contribution < 1.29 is 4.39 Å². The van der Waals surface area contributed by atoms with E-state index in [1.54, 1.807) is 6.07 Å². The number of benzene rings is 1. The van der Waals surface area contributed by atoms with Crippen LogP contribution in [0.4, 0.5) is 4.39 Å². The summed E-state index contributed by atoms with van der Waals surface area (Å²) in [5.74, 6) is -0.232. The molecule has 0 saturated carbocycles. The van der Waals surface area contributed by atoms with Gasteiger partial charge in [0.1, 0.15) is 5.82 Å². The zero-order chi connectivity index (χ0) is 12.4. The minimum Gasteiger partial charge on any atom is -0.330 e. The molecule has 1 aromatic heterocycles. The fourth-order valence-corrected chi connectivity index (χ4v) is 2.01. The maximum absolute atomic E-state index is 13.3. The molecule has 17 heavy (non-hydrogen) atoms. The Morgan fingerprint density at radius 2 is 2.18 bits per heavy atom. The molecule has 1 heterocycles. The molecule has 0 bridgehead atoms. The molecule has 0 unspecified atom stereocenters. The van der Waals surface area contributed by atoms with Gasteiger partial charge in [0.15, 0.2) is 0 Å². The highest BCUT2D eigenvalue weighted by Crippen LogP contribution is 2.27. The maximum atomic E-state index is 13.3. The van der Waals surface area contributed by atoms with Crippen LogP contribution in [0.3, 0.4) is 0 Å². The van der Waals surface area contributed by atoms with Crippen molar-refractivity contribution in [3.05, 3.63) is 41.5 Å². The van der Waals surface area contributed by atoms with E-state index < -0.39 is 0 Å². The molecule has 4 heteroatoms. The first-order valence-corrected chi connectivity index (χ1v) is 5.62. The van der Waals surface area contributed by atoms with Gasteiger partial charge in [-0.1, -0.05) is 12.1 Å². The van der Waals surface area contributed by atoms with Crippen LogP contribution in [-0.4, -0.2) is 16.3 Å². The SMILES string of the molecule is Cc1c(-c2cccc(F)c2)c(CCN)nn1C. The van der Waals surface area contributed by atoms with Gasteiger partial charge in [-0.25, -0.2) is 4.39 Å². The van der Waals surface area contributed by atoms with Gasteiger partial charge in [0.2, 0.25) is 0 Å². The van der Waals surface area contributed by atoms with Crippen LogP contribution in [0.25, 0.3) is 11.1 Å². The lowest BCUT2D eigenvalue weighted by molar-refractivity contribution is 0.628. The van der Waals surface area contributed by atoms with Crippen LogP contribution in [0.5, 0.6) is 0 Å². The Balaban J connectivity index is 2.57. The van der Waals surface area contributed by atoms with Crippen molar-refractivity contribution >= 4 is 0 Å². The van der Waals surface area contributed by atoms with E-state index >= 15 is 0 Å². The van der Waals surface area contributed by atoms with E-state index in [2.05, 4.69) is 5.10 Å². The van der Waals surface area contributed by atoms with E-state index in [4.69, 9.17) is 5.73 Å². The fraction of sp³-hybridized carbons (Fsp3) is 0.308. The lowest BCUT2D eigenvalue weighted by Gasteiger charge is -2.03. The molecule has 3 nitrogen and oxygen atoms in total. The minimum absolute atomic E-state index is 0.232. The second kappa shape index (κ2) is 4.67. The Bertz CT molecular complexity index is 531. The lowest BCUT2D eigenvalue weighted by atomic mass is 10.0. The summed E-state index contributed by atoms with van der Waals surface area (Å²) in [6.07, 6.45) is 0.702. The summed E-state index contributed by atoms with van der Waals surface area (Å²) in [6, 6.07) is 6.58. The van der Waals surface area contributed by atoms with Crippen LogP contribution < -0.4 is 5.73 Å². The minimum atomic E-state index is -0.232. The Morgan fingerprint density at radius 1 is 1.41 bits per heavy atom. The first-order valence-electron chi connectivity index (χ1n) is 5.62. The molecule has 2 aromatic rings.